The maximum atomic E-state index is 6.18. The van der Waals surface area contributed by atoms with E-state index >= 15 is 0 Å². The van der Waals surface area contributed by atoms with Crippen LogP contribution in [0.2, 0.25) is 10.0 Å². The zero-order valence-corrected chi connectivity index (χ0v) is 12.5. The maximum absolute atomic E-state index is 6.18. The molecule has 104 valence electrons. The minimum Gasteiger partial charge on any atom is -0.324 e. The zero-order valence-electron chi connectivity index (χ0n) is 11.0. The van der Waals surface area contributed by atoms with Crippen LogP contribution in [0.25, 0.3) is 0 Å². The second-order valence-electron chi connectivity index (χ2n) is 4.38. The standard InChI is InChI=1S/C15H20Cl2N2/c1-3-9-19(10-4-2)11-8-14(18)12-6-5-7-13(16)15(12)17/h3-7,14H,1-2,8-11,18H2. The van der Waals surface area contributed by atoms with E-state index in [0.717, 1.165) is 31.6 Å². The van der Waals surface area contributed by atoms with Gasteiger partial charge in [-0.2, -0.15) is 0 Å². The monoisotopic (exact) mass is 298 g/mol. The highest BCUT2D eigenvalue weighted by Crippen LogP contribution is 2.30. The first-order chi connectivity index (χ1) is 9.10. The summed E-state index contributed by atoms with van der Waals surface area (Å²) in [5.41, 5.74) is 7.08. The van der Waals surface area contributed by atoms with E-state index in [2.05, 4.69) is 18.1 Å². The topological polar surface area (TPSA) is 29.3 Å². The summed E-state index contributed by atoms with van der Waals surface area (Å²) in [5.74, 6) is 0. The van der Waals surface area contributed by atoms with Crippen LogP contribution >= 0.6 is 23.2 Å². The summed E-state index contributed by atoms with van der Waals surface area (Å²) in [7, 11) is 0. The highest BCUT2D eigenvalue weighted by molar-refractivity contribution is 6.42. The Labute approximate surface area is 125 Å². The zero-order chi connectivity index (χ0) is 14.3. The van der Waals surface area contributed by atoms with E-state index in [0.29, 0.717) is 10.0 Å². The summed E-state index contributed by atoms with van der Waals surface area (Å²) in [6.45, 7) is 10.0. The van der Waals surface area contributed by atoms with Gasteiger partial charge in [-0.1, -0.05) is 47.5 Å². The Balaban J connectivity index is 2.63. The van der Waals surface area contributed by atoms with E-state index in [9.17, 15) is 0 Å². The van der Waals surface area contributed by atoms with Gasteiger partial charge in [-0.05, 0) is 18.1 Å². The van der Waals surface area contributed by atoms with Crippen LogP contribution in [0.5, 0.6) is 0 Å². The van der Waals surface area contributed by atoms with Gasteiger partial charge in [0.2, 0.25) is 0 Å². The quantitative estimate of drug-likeness (QED) is 0.734. The summed E-state index contributed by atoms with van der Waals surface area (Å²) in [4.78, 5) is 2.22. The van der Waals surface area contributed by atoms with Crippen molar-refractivity contribution >= 4 is 23.2 Å². The Hall–Kier alpha value is -0.800. The van der Waals surface area contributed by atoms with Crippen molar-refractivity contribution in [3.8, 4) is 0 Å². The smallest absolute Gasteiger partial charge is 0.0640 e. The number of benzene rings is 1. The predicted molar refractivity (Wildman–Crippen MR) is 84.8 cm³/mol. The maximum Gasteiger partial charge on any atom is 0.0640 e. The molecular formula is C15H20Cl2N2. The summed E-state index contributed by atoms with van der Waals surface area (Å²) in [6, 6.07) is 5.43. The fraction of sp³-hybridized carbons (Fsp3) is 0.333. The second kappa shape index (κ2) is 8.39. The fourth-order valence-electron chi connectivity index (χ4n) is 1.91. The number of nitrogens with two attached hydrogens (primary N) is 1. The summed E-state index contributed by atoms with van der Waals surface area (Å²) >= 11 is 12.2. The van der Waals surface area contributed by atoms with Crippen molar-refractivity contribution in [3.63, 3.8) is 0 Å². The molecule has 0 amide bonds. The number of nitrogens with zero attached hydrogens (tertiary/aromatic N) is 1. The number of hydrogen-bond donors (Lipinski definition) is 1. The lowest BCUT2D eigenvalue weighted by Crippen LogP contribution is -2.28. The average Bonchev–Trinajstić information content (AvgIpc) is 2.39. The number of halogens is 2. The molecule has 0 fully saturated rings. The molecule has 0 aliphatic heterocycles. The second-order valence-corrected chi connectivity index (χ2v) is 5.16. The van der Waals surface area contributed by atoms with Gasteiger partial charge in [0.25, 0.3) is 0 Å². The van der Waals surface area contributed by atoms with Crippen molar-refractivity contribution in [1.29, 1.82) is 0 Å². The molecule has 2 N–H and O–H groups in total. The van der Waals surface area contributed by atoms with Gasteiger partial charge < -0.3 is 5.73 Å². The third-order valence-electron chi connectivity index (χ3n) is 2.91. The van der Waals surface area contributed by atoms with Crippen LogP contribution in [-0.4, -0.2) is 24.5 Å². The van der Waals surface area contributed by atoms with Crippen LogP contribution in [0.4, 0.5) is 0 Å². The van der Waals surface area contributed by atoms with Crippen molar-refractivity contribution in [2.24, 2.45) is 5.73 Å². The molecular weight excluding hydrogens is 279 g/mol. The van der Waals surface area contributed by atoms with Gasteiger partial charge in [-0.15, -0.1) is 13.2 Å². The predicted octanol–water partition coefficient (Wildman–Crippen LogP) is 4.06. The molecule has 0 saturated carbocycles. The molecule has 0 saturated heterocycles. The van der Waals surface area contributed by atoms with Gasteiger partial charge in [0.05, 0.1) is 10.0 Å². The molecule has 1 unspecified atom stereocenters. The Morgan fingerprint density at radius 3 is 2.42 bits per heavy atom. The third-order valence-corrected chi connectivity index (χ3v) is 3.75. The van der Waals surface area contributed by atoms with E-state index in [1.165, 1.54) is 0 Å². The van der Waals surface area contributed by atoms with Gasteiger partial charge >= 0.3 is 0 Å². The van der Waals surface area contributed by atoms with Crippen molar-refractivity contribution in [2.45, 2.75) is 12.5 Å². The molecule has 1 aromatic carbocycles. The molecule has 2 nitrogen and oxygen atoms in total. The molecule has 0 spiro atoms. The van der Waals surface area contributed by atoms with Crippen LogP contribution in [-0.2, 0) is 0 Å². The molecule has 0 aromatic heterocycles. The van der Waals surface area contributed by atoms with Crippen molar-refractivity contribution in [1.82, 2.24) is 4.90 Å². The Morgan fingerprint density at radius 2 is 1.84 bits per heavy atom. The highest BCUT2D eigenvalue weighted by atomic mass is 35.5. The molecule has 19 heavy (non-hydrogen) atoms. The van der Waals surface area contributed by atoms with Gasteiger partial charge in [-0.25, -0.2) is 0 Å². The lowest BCUT2D eigenvalue weighted by molar-refractivity contribution is 0.319. The molecule has 4 heteroatoms. The van der Waals surface area contributed by atoms with Gasteiger partial charge in [0, 0.05) is 25.7 Å². The first kappa shape index (κ1) is 16.3. The lowest BCUT2D eigenvalue weighted by Gasteiger charge is -2.21. The van der Waals surface area contributed by atoms with Crippen LogP contribution in [0.1, 0.15) is 18.0 Å². The highest BCUT2D eigenvalue weighted by Gasteiger charge is 2.13. The lowest BCUT2D eigenvalue weighted by atomic mass is 10.0. The van der Waals surface area contributed by atoms with Crippen molar-refractivity contribution in [3.05, 3.63) is 59.1 Å². The van der Waals surface area contributed by atoms with Gasteiger partial charge in [0.1, 0.15) is 0 Å². The first-order valence-electron chi connectivity index (χ1n) is 6.23. The SMILES string of the molecule is C=CCN(CC=C)CCC(N)c1cccc(Cl)c1Cl. The van der Waals surface area contributed by atoms with Crippen LogP contribution < -0.4 is 5.73 Å². The molecule has 0 heterocycles. The van der Waals surface area contributed by atoms with Gasteiger partial charge in [-0.3, -0.25) is 4.90 Å². The molecule has 1 aromatic rings. The van der Waals surface area contributed by atoms with E-state index in [1.807, 2.05) is 24.3 Å². The Bertz CT molecular complexity index is 422. The molecule has 0 aliphatic rings. The first-order valence-corrected chi connectivity index (χ1v) is 6.99. The van der Waals surface area contributed by atoms with E-state index in [-0.39, 0.29) is 6.04 Å². The van der Waals surface area contributed by atoms with Crippen molar-refractivity contribution < 1.29 is 0 Å². The number of hydrogen-bond acceptors (Lipinski definition) is 2. The van der Waals surface area contributed by atoms with Gasteiger partial charge in [0.15, 0.2) is 0 Å². The molecule has 0 bridgehead atoms. The Kier molecular flexibility index (Phi) is 7.17. The van der Waals surface area contributed by atoms with Crippen molar-refractivity contribution in [2.75, 3.05) is 19.6 Å². The minimum absolute atomic E-state index is 0.122. The summed E-state index contributed by atoms with van der Waals surface area (Å²) in [6.07, 6.45) is 4.56. The minimum atomic E-state index is -0.122. The Morgan fingerprint density at radius 1 is 1.21 bits per heavy atom. The van der Waals surface area contributed by atoms with Crippen LogP contribution in [0.3, 0.4) is 0 Å². The van der Waals surface area contributed by atoms with E-state index < -0.39 is 0 Å². The molecule has 1 rings (SSSR count). The fourth-order valence-corrected chi connectivity index (χ4v) is 2.35. The van der Waals surface area contributed by atoms with Crippen LogP contribution in [0.15, 0.2) is 43.5 Å². The van der Waals surface area contributed by atoms with E-state index in [1.54, 1.807) is 6.07 Å². The summed E-state index contributed by atoms with van der Waals surface area (Å²) < 4.78 is 0. The molecule has 0 aliphatic carbocycles. The van der Waals surface area contributed by atoms with Crippen LogP contribution in [0, 0.1) is 0 Å². The number of rotatable bonds is 8. The largest absolute Gasteiger partial charge is 0.324 e. The normalized spacial score (nSPS) is 12.4. The average molecular weight is 299 g/mol. The van der Waals surface area contributed by atoms with E-state index in [4.69, 9.17) is 28.9 Å². The summed E-state index contributed by atoms with van der Waals surface area (Å²) in [5, 5.41) is 1.10. The third kappa shape index (κ3) is 5.00. The molecule has 0 radical (unpaired) electrons. The molecule has 1 atom stereocenters.